The van der Waals surface area contributed by atoms with Gasteiger partial charge in [-0.25, -0.2) is 13.4 Å². The maximum atomic E-state index is 12.6. The van der Waals surface area contributed by atoms with Crippen LogP contribution in [-0.4, -0.2) is 75.3 Å². The highest BCUT2D eigenvalue weighted by Gasteiger charge is 2.23. The van der Waals surface area contributed by atoms with Gasteiger partial charge in [-0.15, -0.1) is 0 Å². The third-order valence-electron chi connectivity index (χ3n) is 4.96. The number of hydrogen-bond donors (Lipinski definition) is 2. The Morgan fingerprint density at radius 1 is 1.26 bits per heavy atom. The lowest BCUT2D eigenvalue weighted by Gasteiger charge is -2.36. The number of sulfone groups is 1. The van der Waals surface area contributed by atoms with Gasteiger partial charge in [0, 0.05) is 50.4 Å². The number of pyridine rings is 1. The number of anilines is 2. The molecular weight excluding hydrogens is 442 g/mol. The Hall–Kier alpha value is -2.85. The molecule has 31 heavy (non-hydrogen) atoms. The first-order valence-corrected chi connectivity index (χ1v) is 11.8. The van der Waals surface area contributed by atoms with Crippen LogP contribution in [0.4, 0.5) is 11.5 Å². The quantitative estimate of drug-likeness (QED) is 0.494. The van der Waals surface area contributed by atoms with Crippen molar-refractivity contribution in [3.8, 4) is 5.75 Å². The lowest BCUT2D eigenvalue weighted by atomic mass is 10.2. The summed E-state index contributed by atoms with van der Waals surface area (Å²) in [6.07, 6.45) is 2.44. The maximum absolute atomic E-state index is 12.6. The number of carbonyl (C=O) groups is 1. The van der Waals surface area contributed by atoms with Crippen molar-refractivity contribution in [2.45, 2.75) is 0 Å². The molecule has 2 N–H and O–H groups in total. The first kappa shape index (κ1) is 22.8. The van der Waals surface area contributed by atoms with Crippen molar-refractivity contribution in [1.82, 2.24) is 9.88 Å². The van der Waals surface area contributed by atoms with Gasteiger partial charge >= 0.3 is 0 Å². The lowest BCUT2D eigenvalue weighted by molar-refractivity contribution is -0.129. The third kappa shape index (κ3) is 5.45. The smallest absolute Gasteiger partial charge is 0.242 e. The largest absolute Gasteiger partial charge is 0.495 e. The molecule has 2 aromatic rings. The van der Waals surface area contributed by atoms with Crippen molar-refractivity contribution in [3.05, 3.63) is 47.1 Å². The van der Waals surface area contributed by atoms with E-state index in [0.29, 0.717) is 37.0 Å². The van der Waals surface area contributed by atoms with Crippen LogP contribution in [-0.2, 0) is 14.6 Å². The van der Waals surface area contributed by atoms with Crippen molar-refractivity contribution in [2.75, 3.05) is 56.3 Å². The topological polar surface area (TPSA) is 116 Å². The van der Waals surface area contributed by atoms with E-state index in [1.807, 2.05) is 12.1 Å². The second-order valence-corrected chi connectivity index (χ2v) is 9.40. The van der Waals surface area contributed by atoms with E-state index in [0.717, 1.165) is 11.9 Å². The monoisotopic (exact) mass is 465 g/mol. The summed E-state index contributed by atoms with van der Waals surface area (Å²) >= 11 is 6.09. The van der Waals surface area contributed by atoms with Crippen molar-refractivity contribution in [1.29, 1.82) is 5.41 Å². The summed E-state index contributed by atoms with van der Waals surface area (Å²) in [5.41, 5.74) is 1.11. The summed E-state index contributed by atoms with van der Waals surface area (Å²) in [5.74, 6) is 0.668. The zero-order valence-corrected chi connectivity index (χ0v) is 18.8. The van der Waals surface area contributed by atoms with Gasteiger partial charge in [0.05, 0.1) is 24.2 Å². The second kappa shape index (κ2) is 9.52. The molecule has 0 spiro atoms. The number of piperazine rings is 1. The normalized spacial score (nSPS) is 14.3. The number of benzene rings is 1. The van der Waals surface area contributed by atoms with Gasteiger partial charge in [-0.2, -0.15) is 0 Å². The standard InChI is InChI=1S/C20H24ClN5O4S/c1-30-17-12-14(5-6-16(17)21)25-8-10-26(11-9-25)18(27)13-24-20-15(4-3-7-23-20)19(22)31(2,28)29/h3-7,12,22H,8-11,13H2,1-2H3,(H,23,24). The summed E-state index contributed by atoms with van der Waals surface area (Å²) in [5, 5.41) is 10.7. The van der Waals surface area contributed by atoms with Gasteiger partial charge in [0.1, 0.15) is 11.6 Å². The Labute approximate surface area is 186 Å². The van der Waals surface area contributed by atoms with Gasteiger partial charge in [0.2, 0.25) is 5.91 Å². The van der Waals surface area contributed by atoms with Crippen molar-refractivity contribution >= 4 is 43.9 Å². The predicted molar refractivity (Wildman–Crippen MR) is 121 cm³/mol. The number of aromatic nitrogens is 1. The van der Waals surface area contributed by atoms with Crippen LogP contribution in [0.25, 0.3) is 0 Å². The van der Waals surface area contributed by atoms with Crippen molar-refractivity contribution < 1.29 is 17.9 Å². The van der Waals surface area contributed by atoms with E-state index < -0.39 is 14.9 Å². The highest BCUT2D eigenvalue weighted by molar-refractivity contribution is 8.06. The molecule has 166 valence electrons. The van der Waals surface area contributed by atoms with Gasteiger partial charge < -0.3 is 19.9 Å². The molecule has 11 heteroatoms. The van der Waals surface area contributed by atoms with Crippen LogP contribution in [0.5, 0.6) is 5.75 Å². The molecule has 0 aliphatic carbocycles. The summed E-state index contributed by atoms with van der Waals surface area (Å²) in [6, 6.07) is 8.62. The average Bonchev–Trinajstić information content (AvgIpc) is 2.77. The van der Waals surface area contributed by atoms with Crippen molar-refractivity contribution in [2.24, 2.45) is 0 Å². The Balaban J connectivity index is 1.59. The van der Waals surface area contributed by atoms with Crippen LogP contribution < -0.4 is 15.0 Å². The summed E-state index contributed by atoms with van der Waals surface area (Å²) < 4.78 is 28.7. The first-order chi connectivity index (χ1) is 14.7. The Bertz CT molecular complexity index is 1080. The maximum Gasteiger partial charge on any atom is 0.242 e. The van der Waals surface area contributed by atoms with Gasteiger partial charge in [0.25, 0.3) is 0 Å². The highest BCUT2D eigenvalue weighted by Crippen LogP contribution is 2.29. The number of rotatable bonds is 6. The zero-order valence-electron chi connectivity index (χ0n) is 17.3. The average molecular weight is 466 g/mol. The predicted octanol–water partition coefficient (Wildman–Crippen LogP) is 1.87. The SMILES string of the molecule is COc1cc(N2CCN(C(=O)CNc3ncccc3C(=N)S(C)(=O)=O)CC2)ccc1Cl. The Morgan fingerprint density at radius 2 is 1.97 bits per heavy atom. The number of nitrogens with one attached hydrogen (secondary N) is 2. The molecule has 0 atom stereocenters. The molecule has 1 aliphatic heterocycles. The first-order valence-electron chi connectivity index (χ1n) is 9.55. The molecular formula is C20H24ClN5O4S. The van der Waals surface area contributed by atoms with E-state index in [1.54, 1.807) is 24.1 Å². The summed E-state index contributed by atoms with van der Waals surface area (Å²) in [4.78, 5) is 20.6. The van der Waals surface area contributed by atoms with E-state index >= 15 is 0 Å². The van der Waals surface area contributed by atoms with Crippen LogP contribution in [0, 0.1) is 5.41 Å². The summed E-state index contributed by atoms with van der Waals surface area (Å²) in [7, 11) is -2.12. The zero-order chi connectivity index (χ0) is 22.6. The van der Waals surface area contributed by atoms with Crippen molar-refractivity contribution in [3.63, 3.8) is 0 Å². The van der Waals surface area contributed by atoms with E-state index in [2.05, 4.69) is 15.2 Å². The Kier molecular flexibility index (Phi) is 7.01. The molecule has 0 bridgehead atoms. The minimum absolute atomic E-state index is 0.0458. The molecule has 1 aliphatic rings. The minimum atomic E-state index is -3.69. The molecule has 3 rings (SSSR count). The van der Waals surface area contributed by atoms with Crippen LogP contribution in [0.15, 0.2) is 36.5 Å². The molecule has 0 unspecified atom stereocenters. The molecule has 1 amide bonds. The fourth-order valence-corrected chi connectivity index (χ4v) is 4.02. The number of hydrogen-bond acceptors (Lipinski definition) is 8. The molecule has 1 fully saturated rings. The van der Waals surface area contributed by atoms with E-state index in [4.69, 9.17) is 21.7 Å². The molecule has 1 aromatic carbocycles. The molecule has 0 saturated carbocycles. The van der Waals surface area contributed by atoms with Crippen LogP contribution >= 0.6 is 11.6 Å². The number of methoxy groups -OCH3 is 1. The minimum Gasteiger partial charge on any atom is -0.495 e. The van der Waals surface area contributed by atoms with E-state index in [9.17, 15) is 13.2 Å². The molecule has 1 aromatic heterocycles. The number of amides is 1. The number of halogens is 1. The highest BCUT2D eigenvalue weighted by atomic mass is 35.5. The number of nitrogens with zero attached hydrogens (tertiary/aromatic N) is 3. The molecule has 1 saturated heterocycles. The van der Waals surface area contributed by atoms with Gasteiger partial charge in [-0.3, -0.25) is 10.2 Å². The number of carbonyl (C=O) groups excluding carboxylic acids is 1. The lowest BCUT2D eigenvalue weighted by Crippen LogP contribution is -2.50. The Morgan fingerprint density at radius 3 is 2.61 bits per heavy atom. The third-order valence-corrected chi connectivity index (χ3v) is 6.24. The second-order valence-electron chi connectivity index (χ2n) is 7.04. The molecule has 2 heterocycles. The molecule has 0 radical (unpaired) electrons. The molecule has 9 nitrogen and oxygen atoms in total. The van der Waals surface area contributed by atoms with E-state index in [-0.39, 0.29) is 23.8 Å². The van der Waals surface area contributed by atoms with Crippen LogP contribution in [0.3, 0.4) is 0 Å². The van der Waals surface area contributed by atoms with Gasteiger partial charge in [0.15, 0.2) is 14.9 Å². The fourth-order valence-electron chi connectivity index (χ4n) is 3.26. The van der Waals surface area contributed by atoms with Crippen LogP contribution in [0.1, 0.15) is 5.56 Å². The fraction of sp³-hybridized carbons (Fsp3) is 0.350. The summed E-state index contributed by atoms with van der Waals surface area (Å²) in [6.45, 7) is 2.35. The van der Waals surface area contributed by atoms with Gasteiger partial charge in [-0.1, -0.05) is 11.6 Å². The number of ether oxygens (including phenoxy) is 1. The van der Waals surface area contributed by atoms with E-state index in [1.165, 1.54) is 12.3 Å². The van der Waals surface area contributed by atoms with Gasteiger partial charge in [-0.05, 0) is 24.3 Å². The van der Waals surface area contributed by atoms with Crippen LogP contribution in [0.2, 0.25) is 5.02 Å².